The van der Waals surface area contributed by atoms with Gasteiger partial charge in [-0.2, -0.15) is 0 Å². The molecule has 1 amide bonds. The van der Waals surface area contributed by atoms with Gasteiger partial charge < -0.3 is 5.32 Å². The first-order valence-electron chi connectivity index (χ1n) is 5.19. The molecule has 0 radical (unpaired) electrons. The minimum atomic E-state index is -3.28. The third-order valence-electron chi connectivity index (χ3n) is 1.97. The molecule has 0 spiro atoms. The van der Waals surface area contributed by atoms with E-state index in [1.807, 2.05) is 6.07 Å². The van der Waals surface area contributed by atoms with Gasteiger partial charge >= 0.3 is 0 Å². The van der Waals surface area contributed by atoms with E-state index in [0.717, 1.165) is 4.47 Å². The number of amides is 1. The summed E-state index contributed by atoms with van der Waals surface area (Å²) in [5.41, 5.74) is 0.580. The van der Waals surface area contributed by atoms with E-state index in [-0.39, 0.29) is 5.75 Å². The van der Waals surface area contributed by atoms with Crippen molar-refractivity contribution in [3.05, 3.63) is 28.7 Å². The predicted octanol–water partition coefficient (Wildman–Crippen LogP) is 2.21. The summed E-state index contributed by atoms with van der Waals surface area (Å²) >= 11 is 3.27. The zero-order chi connectivity index (χ0) is 12.9. The first-order chi connectivity index (χ1) is 7.93. The molecule has 0 aromatic heterocycles. The number of carbonyl (C=O) groups excluding carboxylic acids is 1. The highest BCUT2D eigenvalue weighted by molar-refractivity contribution is 9.10. The number of hydrogen-bond acceptors (Lipinski definition) is 3. The largest absolute Gasteiger partial charge is 0.325 e. The molecule has 1 rings (SSSR count). The number of sulfone groups is 1. The summed E-state index contributed by atoms with van der Waals surface area (Å²) < 4.78 is 23.7. The third kappa shape index (κ3) is 5.32. The predicted molar refractivity (Wildman–Crippen MR) is 71.7 cm³/mol. The molecule has 0 saturated carbocycles. The fraction of sp³-hybridized carbons (Fsp3) is 0.364. The number of benzene rings is 1. The molecule has 4 nitrogen and oxygen atoms in total. The van der Waals surface area contributed by atoms with Crippen LogP contribution in [0, 0.1) is 0 Å². The average molecular weight is 320 g/mol. The number of carbonyl (C=O) groups is 1. The van der Waals surface area contributed by atoms with Crippen LogP contribution in [-0.2, 0) is 14.6 Å². The van der Waals surface area contributed by atoms with Crippen LogP contribution >= 0.6 is 15.9 Å². The maximum absolute atomic E-state index is 11.5. The molecular weight excluding hydrogens is 306 g/mol. The molecule has 17 heavy (non-hydrogen) atoms. The number of nitrogens with one attached hydrogen (secondary N) is 1. The fourth-order valence-corrected chi connectivity index (χ4v) is 2.98. The zero-order valence-electron chi connectivity index (χ0n) is 9.44. The Morgan fingerprint density at radius 2 is 2.12 bits per heavy atom. The van der Waals surface area contributed by atoms with E-state index >= 15 is 0 Å². The lowest BCUT2D eigenvalue weighted by molar-refractivity contribution is -0.113. The van der Waals surface area contributed by atoms with Gasteiger partial charge in [0.2, 0.25) is 5.91 Å². The van der Waals surface area contributed by atoms with Gasteiger partial charge in [0.1, 0.15) is 5.75 Å². The minimum Gasteiger partial charge on any atom is -0.325 e. The van der Waals surface area contributed by atoms with Crippen molar-refractivity contribution in [2.75, 3.05) is 16.8 Å². The molecule has 94 valence electrons. The molecule has 0 aliphatic carbocycles. The van der Waals surface area contributed by atoms with Gasteiger partial charge in [-0.05, 0) is 24.6 Å². The highest BCUT2D eigenvalue weighted by atomic mass is 79.9. The second-order valence-corrected chi connectivity index (χ2v) is 6.75. The van der Waals surface area contributed by atoms with E-state index in [9.17, 15) is 13.2 Å². The van der Waals surface area contributed by atoms with Gasteiger partial charge in [0, 0.05) is 10.2 Å². The number of halogens is 1. The summed E-state index contributed by atoms with van der Waals surface area (Å²) in [5, 5.41) is 2.55. The molecule has 0 saturated heterocycles. The van der Waals surface area contributed by atoms with Crippen LogP contribution in [0.5, 0.6) is 0 Å². The molecule has 1 aromatic rings. The Bertz CT molecular complexity index is 499. The molecule has 0 aliphatic heterocycles. The van der Waals surface area contributed by atoms with Gasteiger partial charge in [0.25, 0.3) is 0 Å². The Kier molecular flexibility index (Phi) is 5.14. The maximum atomic E-state index is 11.5. The normalized spacial score (nSPS) is 11.2. The lowest BCUT2D eigenvalue weighted by Crippen LogP contribution is -2.24. The van der Waals surface area contributed by atoms with E-state index in [2.05, 4.69) is 21.2 Å². The Morgan fingerprint density at radius 1 is 1.41 bits per heavy atom. The summed E-state index contributed by atoms with van der Waals surface area (Å²) in [6.07, 6.45) is 0.520. The highest BCUT2D eigenvalue weighted by Gasteiger charge is 2.15. The van der Waals surface area contributed by atoms with Crippen LogP contribution < -0.4 is 5.32 Å². The lowest BCUT2D eigenvalue weighted by atomic mass is 10.3. The highest BCUT2D eigenvalue weighted by Crippen LogP contribution is 2.15. The van der Waals surface area contributed by atoms with Crippen molar-refractivity contribution in [2.24, 2.45) is 0 Å². The minimum absolute atomic E-state index is 0.0406. The van der Waals surface area contributed by atoms with E-state index in [1.54, 1.807) is 25.1 Å². The maximum Gasteiger partial charge on any atom is 0.239 e. The van der Waals surface area contributed by atoms with Gasteiger partial charge in [-0.3, -0.25) is 4.79 Å². The van der Waals surface area contributed by atoms with Gasteiger partial charge in [0.05, 0.1) is 5.75 Å². The SMILES string of the molecule is CCCS(=O)(=O)CC(=O)Nc1cccc(Br)c1. The van der Waals surface area contributed by atoms with Crippen molar-refractivity contribution in [3.63, 3.8) is 0 Å². The molecule has 0 unspecified atom stereocenters. The Morgan fingerprint density at radius 3 is 2.71 bits per heavy atom. The van der Waals surface area contributed by atoms with Crippen molar-refractivity contribution in [3.8, 4) is 0 Å². The molecule has 0 heterocycles. The van der Waals surface area contributed by atoms with Gasteiger partial charge in [-0.25, -0.2) is 8.42 Å². The van der Waals surface area contributed by atoms with E-state index < -0.39 is 21.5 Å². The summed E-state index contributed by atoms with van der Waals surface area (Å²) in [5.74, 6) is -0.928. The van der Waals surface area contributed by atoms with Gasteiger partial charge in [0.15, 0.2) is 9.84 Å². The molecule has 1 N–H and O–H groups in total. The van der Waals surface area contributed by atoms with Crippen LogP contribution in [0.2, 0.25) is 0 Å². The molecular formula is C11H14BrNO3S. The molecule has 0 fully saturated rings. The van der Waals surface area contributed by atoms with Crippen molar-refractivity contribution >= 4 is 37.4 Å². The number of hydrogen-bond donors (Lipinski definition) is 1. The molecule has 6 heteroatoms. The smallest absolute Gasteiger partial charge is 0.239 e. The summed E-state index contributed by atoms with van der Waals surface area (Å²) in [4.78, 5) is 11.5. The Labute approximate surface area is 109 Å². The fourth-order valence-electron chi connectivity index (χ4n) is 1.35. The monoisotopic (exact) mass is 319 g/mol. The van der Waals surface area contributed by atoms with Gasteiger partial charge in [-0.15, -0.1) is 0 Å². The summed E-state index contributed by atoms with van der Waals surface area (Å²) in [7, 11) is -3.28. The first kappa shape index (κ1) is 14.2. The van der Waals surface area contributed by atoms with E-state index in [4.69, 9.17) is 0 Å². The van der Waals surface area contributed by atoms with Crippen LogP contribution in [0.1, 0.15) is 13.3 Å². The van der Waals surface area contributed by atoms with Crippen molar-refractivity contribution in [1.29, 1.82) is 0 Å². The van der Waals surface area contributed by atoms with Crippen LogP contribution in [-0.4, -0.2) is 25.8 Å². The second-order valence-electron chi connectivity index (χ2n) is 3.65. The van der Waals surface area contributed by atoms with Crippen LogP contribution in [0.3, 0.4) is 0 Å². The Hall–Kier alpha value is -0.880. The van der Waals surface area contributed by atoms with E-state index in [1.165, 1.54) is 0 Å². The molecule has 0 bridgehead atoms. The summed E-state index contributed by atoms with van der Waals surface area (Å²) in [6.45, 7) is 1.77. The van der Waals surface area contributed by atoms with Crippen LogP contribution in [0.4, 0.5) is 5.69 Å². The number of anilines is 1. The van der Waals surface area contributed by atoms with Crippen LogP contribution in [0.15, 0.2) is 28.7 Å². The Balaban J connectivity index is 2.62. The second kappa shape index (κ2) is 6.16. The van der Waals surface area contributed by atoms with Crippen molar-refractivity contribution in [1.82, 2.24) is 0 Å². The van der Waals surface area contributed by atoms with Crippen LogP contribution in [0.25, 0.3) is 0 Å². The summed E-state index contributed by atoms with van der Waals surface area (Å²) in [6, 6.07) is 7.00. The topological polar surface area (TPSA) is 63.2 Å². The molecule has 1 aromatic carbocycles. The average Bonchev–Trinajstić information content (AvgIpc) is 2.15. The van der Waals surface area contributed by atoms with E-state index in [0.29, 0.717) is 12.1 Å². The van der Waals surface area contributed by atoms with Gasteiger partial charge in [-0.1, -0.05) is 28.9 Å². The van der Waals surface area contributed by atoms with Crippen molar-refractivity contribution in [2.45, 2.75) is 13.3 Å². The number of rotatable bonds is 5. The lowest BCUT2D eigenvalue weighted by Gasteiger charge is -2.05. The zero-order valence-corrected chi connectivity index (χ0v) is 11.8. The van der Waals surface area contributed by atoms with Crippen molar-refractivity contribution < 1.29 is 13.2 Å². The third-order valence-corrected chi connectivity index (χ3v) is 4.20. The molecule has 0 atom stereocenters. The first-order valence-corrected chi connectivity index (χ1v) is 7.80. The standard InChI is InChI=1S/C11H14BrNO3S/c1-2-6-17(15,16)8-11(14)13-10-5-3-4-9(12)7-10/h3-5,7H,2,6,8H2,1H3,(H,13,14). The molecule has 0 aliphatic rings. The quantitative estimate of drug-likeness (QED) is 0.905.